The Morgan fingerprint density at radius 2 is 2.53 bits per heavy atom. The molecular formula is C12H19NOS. The fourth-order valence-corrected chi connectivity index (χ4v) is 2.08. The lowest BCUT2D eigenvalue weighted by Crippen LogP contribution is -2.15. The number of hydrogen-bond donors (Lipinski definition) is 1. The molecule has 1 aromatic heterocycles. The van der Waals surface area contributed by atoms with Crippen LogP contribution in [-0.2, 0) is 13.0 Å². The Morgan fingerprint density at radius 3 is 3.33 bits per heavy atom. The van der Waals surface area contributed by atoms with E-state index in [1.54, 1.807) is 0 Å². The van der Waals surface area contributed by atoms with Crippen LogP contribution in [0.3, 0.4) is 0 Å². The summed E-state index contributed by atoms with van der Waals surface area (Å²) in [5, 5.41) is 3.37. The van der Waals surface area contributed by atoms with Gasteiger partial charge in [-0.2, -0.15) is 11.8 Å². The highest BCUT2D eigenvalue weighted by Gasteiger charge is 2.10. The summed E-state index contributed by atoms with van der Waals surface area (Å²) in [6.07, 6.45) is 8.66. The smallest absolute Gasteiger partial charge is 0.118 e. The van der Waals surface area contributed by atoms with E-state index in [1.165, 1.54) is 5.56 Å². The number of fused-ring (bicyclic) bond motifs is 1. The summed E-state index contributed by atoms with van der Waals surface area (Å²) in [6, 6.07) is 2.15. The van der Waals surface area contributed by atoms with Gasteiger partial charge in [-0.15, -0.1) is 0 Å². The molecule has 0 radical (unpaired) electrons. The van der Waals surface area contributed by atoms with E-state index in [2.05, 4.69) is 29.8 Å². The van der Waals surface area contributed by atoms with Crippen LogP contribution < -0.4 is 5.32 Å². The molecule has 0 saturated heterocycles. The Bertz CT molecular complexity index is 349. The van der Waals surface area contributed by atoms with Crippen molar-refractivity contribution in [1.29, 1.82) is 0 Å². The average Bonchev–Trinajstić information content (AvgIpc) is 2.67. The summed E-state index contributed by atoms with van der Waals surface area (Å²) in [6.45, 7) is 1.89. The fraction of sp³-hybridized carbons (Fsp3) is 0.500. The summed E-state index contributed by atoms with van der Waals surface area (Å²) in [4.78, 5) is 0. The number of rotatable bonds is 5. The number of allylic oxidation sites excluding steroid dienone is 1. The van der Waals surface area contributed by atoms with Gasteiger partial charge < -0.3 is 9.73 Å². The molecule has 1 aliphatic carbocycles. The molecule has 0 atom stereocenters. The van der Waals surface area contributed by atoms with E-state index in [1.807, 2.05) is 11.8 Å². The highest BCUT2D eigenvalue weighted by molar-refractivity contribution is 7.98. The van der Waals surface area contributed by atoms with Crippen LogP contribution in [0.2, 0.25) is 0 Å². The van der Waals surface area contributed by atoms with Gasteiger partial charge in [0.2, 0.25) is 0 Å². The first-order valence-electron chi connectivity index (χ1n) is 5.38. The maximum absolute atomic E-state index is 5.77. The van der Waals surface area contributed by atoms with E-state index >= 15 is 0 Å². The van der Waals surface area contributed by atoms with Crippen LogP contribution >= 0.6 is 11.8 Å². The van der Waals surface area contributed by atoms with Crippen molar-refractivity contribution in [2.75, 3.05) is 18.6 Å². The third-order valence-corrected chi connectivity index (χ3v) is 3.12. The first-order valence-corrected chi connectivity index (χ1v) is 6.77. The molecule has 15 heavy (non-hydrogen) atoms. The molecule has 0 fully saturated rings. The van der Waals surface area contributed by atoms with E-state index in [0.29, 0.717) is 0 Å². The molecule has 0 saturated carbocycles. The van der Waals surface area contributed by atoms with Crippen LogP contribution in [0.15, 0.2) is 16.6 Å². The van der Waals surface area contributed by atoms with Crippen LogP contribution in [0.4, 0.5) is 0 Å². The van der Waals surface area contributed by atoms with Crippen LogP contribution in [0, 0.1) is 0 Å². The SMILES string of the molecule is CSCCNCc1cc2c(o1)CCC=C2.[HH]. The Labute approximate surface area is 96.6 Å². The monoisotopic (exact) mass is 225 g/mol. The lowest BCUT2D eigenvalue weighted by atomic mass is 10.1. The van der Waals surface area contributed by atoms with Crippen LogP contribution in [0.25, 0.3) is 6.08 Å². The number of furan rings is 1. The second-order valence-electron chi connectivity index (χ2n) is 3.70. The Hall–Kier alpha value is -0.670. The van der Waals surface area contributed by atoms with Gasteiger partial charge >= 0.3 is 0 Å². The average molecular weight is 225 g/mol. The zero-order chi connectivity index (χ0) is 10.5. The van der Waals surface area contributed by atoms with Crippen LogP contribution in [-0.4, -0.2) is 18.6 Å². The summed E-state index contributed by atoms with van der Waals surface area (Å²) >= 11 is 1.86. The first-order chi connectivity index (χ1) is 7.40. The zero-order valence-corrected chi connectivity index (χ0v) is 9.90. The van der Waals surface area contributed by atoms with Crippen molar-refractivity contribution >= 4 is 17.8 Å². The predicted molar refractivity (Wildman–Crippen MR) is 68.3 cm³/mol. The van der Waals surface area contributed by atoms with Crippen molar-refractivity contribution in [3.05, 3.63) is 29.2 Å². The second-order valence-corrected chi connectivity index (χ2v) is 4.69. The quantitative estimate of drug-likeness (QED) is 0.780. The minimum atomic E-state index is 0. The highest BCUT2D eigenvalue weighted by Crippen LogP contribution is 2.22. The molecular weight excluding hydrogens is 206 g/mol. The molecule has 0 aromatic carbocycles. The largest absolute Gasteiger partial charge is 0.464 e. The van der Waals surface area contributed by atoms with E-state index in [0.717, 1.165) is 43.2 Å². The molecule has 1 N–H and O–H groups in total. The normalized spacial score (nSPS) is 14.2. The Balaban J connectivity index is 0.00000128. The predicted octanol–water partition coefficient (Wildman–Crippen LogP) is 2.94. The summed E-state index contributed by atoms with van der Waals surface area (Å²) in [5.41, 5.74) is 1.27. The molecule has 84 valence electrons. The molecule has 2 nitrogen and oxygen atoms in total. The maximum Gasteiger partial charge on any atom is 0.118 e. The number of aryl methyl sites for hydroxylation is 1. The van der Waals surface area contributed by atoms with Gasteiger partial charge in [-0.25, -0.2) is 0 Å². The molecule has 0 aliphatic heterocycles. The molecule has 0 unspecified atom stereocenters. The van der Waals surface area contributed by atoms with Gasteiger partial charge in [-0.05, 0) is 18.7 Å². The van der Waals surface area contributed by atoms with Crippen molar-refractivity contribution in [1.82, 2.24) is 5.32 Å². The third kappa shape index (κ3) is 2.89. The highest BCUT2D eigenvalue weighted by atomic mass is 32.2. The topological polar surface area (TPSA) is 25.2 Å². The van der Waals surface area contributed by atoms with Crippen molar-refractivity contribution in [3.8, 4) is 0 Å². The van der Waals surface area contributed by atoms with E-state index in [-0.39, 0.29) is 1.43 Å². The molecule has 1 aromatic rings. The van der Waals surface area contributed by atoms with Gasteiger partial charge in [0, 0.05) is 25.7 Å². The van der Waals surface area contributed by atoms with E-state index in [4.69, 9.17) is 4.42 Å². The van der Waals surface area contributed by atoms with Crippen LogP contribution in [0.1, 0.15) is 24.9 Å². The van der Waals surface area contributed by atoms with Gasteiger partial charge in [-0.3, -0.25) is 0 Å². The van der Waals surface area contributed by atoms with Gasteiger partial charge in [0.05, 0.1) is 6.54 Å². The minimum absolute atomic E-state index is 0. The number of hydrogen-bond acceptors (Lipinski definition) is 3. The van der Waals surface area contributed by atoms with Gasteiger partial charge in [0.25, 0.3) is 0 Å². The maximum atomic E-state index is 5.77. The van der Waals surface area contributed by atoms with E-state index < -0.39 is 0 Å². The van der Waals surface area contributed by atoms with Crippen molar-refractivity contribution in [2.45, 2.75) is 19.4 Å². The third-order valence-electron chi connectivity index (χ3n) is 2.51. The standard InChI is InChI=1S/C12H17NOS.H2/c1-15-7-6-13-9-11-8-10-4-2-3-5-12(10)14-11;/h2,4,8,13H,3,5-7,9H2,1H3;1H. The van der Waals surface area contributed by atoms with Gasteiger partial charge in [0.1, 0.15) is 11.5 Å². The first kappa shape index (κ1) is 10.8. The van der Waals surface area contributed by atoms with Gasteiger partial charge in [0.15, 0.2) is 0 Å². The number of thioether (sulfide) groups is 1. The van der Waals surface area contributed by atoms with Crippen molar-refractivity contribution in [3.63, 3.8) is 0 Å². The summed E-state index contributed by atoms with van der Waals surface area (Å²) in [5.74, 6) is 3.37. The molecule has 2 rings (SSSR count). The molecule has 1 aliphatic rings. The summed E-state index contributed by atoms with van der Waals surface area (Å²) < 4.78 is 5.77. The second kappa shape index (κ2) is 5.42. The fourth-order valence-electron chi connectivity index (χ4n) is 1.73. The lowest BCUT2D eigenvalue weighted by Gasteiger charge is -2.01. The van der Waals surface area contributed by atoms with Crippen LogP contribution in [0.5, 0.6) is 0 Å². The van der Waals surface area contributed by atoms with Gasteiger partial charge in [-0.1, -0.05) is 12.2 Å². The molecule has 1 heterocycles. The zero-order valence-electron chi connectivity index (χ0n) is 9.08. The minimum Gasteiger partial charge on any atom is -0.464 e. The number of nitrogens with one attached hydrogen (secondary N) is 1. The Kier molecular flexibility index (Phi) is 3.92. The van der Waals surface area contributed by atoms with Crippen molar-refractivity contribution in [2.24, 2.45) is 0 Å². The van der Waals surface area contributed by atoms with E-state index in [9.17, 15) is 0 Å². The summed E-state index contributed by atoms with van der Waals surface area (Å²) in [7, 11) is 0. The lowest BCUT2D eigenvalue weighted by molar-refractivity contribution is 0.449. The van der Waals surface area contributed by atoms with Crippen molar-refractivity contribution < 1.29 is 5.84 Å². The molecule has 0 amide bonds. The molecule has 0 bridgehead atoms. The molecule has 3 heteroatoms. The Morgan fingerprint density at radius 1 is 1.60 bits per heavy atom. The molecule has 0 spiro atoms.